The molecule has 1 aromatic carbocycles. The Morgan fingerprint density at radius 1 is 1.26 bits per heavy atom. The van der Waals surface area contributed by atoms with Gasteiger partial charge in [-0.1, -0.05) is 13.8 Å². The van der Waals surface area contributed by atoms with Gasteiger partial charge in [-0.25, -0.2) is 4.68 Å². The molecule has 2 N–H and O–H groups in total. The molecule has 2 aromatic rings. The van der Waals surface area contributed by atoms with Crippen LogP contribution >= 0.6 is 0 Å². The molecule has 19 heavy (non-hydrogen) atoms. The van der Waals surface area contributed by atoms with Crippen molar-refractivity contribution in [1.29, 1.82) is 0 Å². The van der Waals surface area contributed by atoms with E-state index in [9.17, 15) is 0 Å². The summed E-state index contributed by atoms with van der Waals surface area (Å²) in [5.41, 5.74) is 8.62. The third kappa shape index (κ3) is 2.32. The average Bonchev–Trinajstić information content (AvgIpc) is 2.87. The number of nitrogens with zero attached hydrogens (tertiary/aromatic N) is 4. The van der Waals surface area contributed by atoms with Crippen molar-refractivity contribution >= 4 is 5.69 Å². The Morgan fingerprint density at radius 2 is 1.95 bits per heavy atom. The molecular formula is C14H21N5. The van der Waals surface area contributed by atoms with Crippen LogP contribution in [0.3, 0.4) is 0 Å². The van der Waals surface area contributed by atoms with E-state index in [1.807, 2.05) is 29.8 Å². The Morgan fingerprint density at radius 3 is 2.53 bits per heavy atom. The van der Waals surface area contributed by atoms with Gasteiger partial charge >= 0.3 is 0 Å². The lowest BCUT2D eigenvalue weighted by atomic mass is 9.95. The molecule has 0 radical (unpaired) electrons. The Balaban J connectivity index is 2.56. The van der Waals surface area contributed by atoms with Crippen molar-refractivity contribution in [2.75, 3.05) is 5.73 Å². The first-order chi connectivity index (χ1) is 9.01. The number of hydrogen-bond donors (Lipinski definition) is 1. The molecule has 0 aliphatic heterocycles. The van der Waals surface area contributed by atoms with E-state index in [0.29, 0.717) is 0 Å². The summed E-state index contributed by atoms with van der Waals surface area (Å²) >= 11 is 0. The van der Waals surface area contributed by atoms with Gasteiger partial charge < -0.3 is 5.73 Å². The van der Waals surface area contributed by atoms with Crippen LogP contribution in [-0.4, -0.2) is 20.2 Å². The Labute approximate surface area is 113 Å². The summed E-state index contributed by atoms with van der Waals surface area (Å²) < 4.78 is 1.94. The van der Waals surface area contributed by atoms with E-state index >= 15 is 0 Å². The lowest BCUT2D eigenvalue weighted by Gasteiger charge is -2.27. The summed E-state index contributed by atoms with van der Waals surface area (Å²) in [6.45, 7) is 8.52. The molecule has 0 spiro atoms. The van der Waals surface area contributed by atoms with Crippen molar-refractivity contribution in [3.63, 3.8) is 0 Å². The molecule has 0 bridgehead atoms. The number of anilines is 1. The van der Waals surface area contributed by atoms with Crippen molar-refractivity contribution in [1.82, 2.24) is 20.2 Å². The number of hydrogen-bond acceptors (Lipinski definition) is 4. The van der Waals surface area contributed by atoms with E-state index in [1.54, 1.807) is 0 Å². The van der Waals surface area contributed by atoms with Crippen LogP contribution in [0.15, 0.2) is 18.2 Å². The number of benzene rings is 1. The predicted octanol–water partition coefficient (Wildman–Crippen LogP) is 2.77. The monoisotopic (exact) mass is 259 g/mol. The van der Waals surface area contributed by atoms with Crippen molar-refractivity contribution in [3.05, 3.63) is 23.8 Å². The standard InChI is InChI=1S/C14H21N5/c1-5-14(4,6-2)19-13(16-17-18-19)12-8-7-11(15)9-10(12)3/h7-9H,5-6,15H2,1-4H3. The van der Waals surface area contributed by atoms with Crippen LogP contribution in [-0.2, 0) is 5.54 Å². The van der Waals surface area contributed by atoms with Gasteiger partial charge in [0, 0.05) is 11.3 Å². The summed E-state index contributed by atoms with van der Waals surface area (Å²) in [5, 5.41) is 12.2. The summed E-state index contributed by atoms with van der Waals surface area (Å²) in [7, 11) is 0. The van der Waals surface area contributed by atoms with Gasteiger partial charge in [-0.15, -0.1) is 5.10 Å². The molecule has 0 saturated heterocycles. The molecule has 0 saturated carbocycles. The highest BCUT2D eigenvalue weighted by Gasteiger charge is 2.27. The van der Waals surface area contributed by atoms with Gasteiger partial charge in [-0.2, -0.15) is 0 Å². The molecule has 0 aliphatic carbocycles. The van der Waals surface area contributed by atoms with Crippen LogP contribution in [0.4, 0.5) is 5.69 Å². The van der Waals surface area contributed by atoms with Gasteiger partial charge in [0.1, 0.15) is 0 Å². The molecule has 2 rings (SSSR count). The lowest BCUT2D eigenvalue weighted by molar-refractivity contribution is 0.262. The van der Waals surface area contributed by atoms with Crippen molar-refractivity contribution in [3.8, 4) is 11.4 Å². The van der Waals surface area contributed by atoms with Gasteiger partial charge in [0.2, 0.25) is 0 Å². The minimum Gasteiger partial charge on any atom is -0.399 e. The maximum absolute atomic E-state index is 5.80. The van der Waals surface area contributed by atoms with E-state index in [2.05, 4.69) is 36.3 Å². The molecule has 0 atom stereocenters. The minimum absolute atomic E-state index is 0.0628. The predicted molar refractivity (Wildman–Crippen MR) is 76.6 cm³/mol. The molecule has 5 nitrogen and oxygen atoms in total. The Bertz CT molecular complexity index is 569. The highest BCUT2D eigenvalue weighted by atomic mass is 15.6. The first-order valence-electron chi connectivity index (χ1n) is 6.67. The second kappa shape index (κ2) is 4.99. The fourth-order valence-electron chi connectivity index (χ4n) is 2.21. The van der Waals surface area contributed by atoms with Crippen LogP contribution in [0.2, 0.25) is 0 Å². The maximum Gasteiger partial charge on any atom is 0.182 e. The smallest absolute Gasteiger partial charge is 0.182 e. The first kappa shape index (κ1) is 13.5. The van der Waals surface area contributed by atoms with Gasteiger partial charge in [0.05, 0.1) is 5.54 Å². The van der Waals surface area contributed by atoms with E-state index in [0.717, 1.165) is 35.5 Å². The topological polar surface area (TPSA) is 69.6 Å². The maximum atomic E-state index is 5.80. The summed E-state index contributed by atoms with van der Waals surface area (Å²) in [6, 6.07) is 5.82. The second-order valence-corrected chi connectivity index (χ2v) is 5.19. The van der Waals surface area contributed by atoms with Crippen molar-refractivity contribution < 1.29 is 0 Å². The van der Waals surface area contributed by atoms with E-state index in [-0.39, 0.29) is 5.54 Å². The lowest BCUT2D eigenvalue weighted by Crippen LogP contribution is -2.30. The number of nitrogens with two attached hydrogens (primary N) is 1. The first-order valence-corrected chi connectivity index (χ1v) is 6.67. The zero-order valence-corrected chi connectivity index (χ0v) is 12.0. The molecule has 1 heterocycles. The van der Waals surface area contributed by atoms with Crippen molar-refractivity contribution in [2.45, 2.75) is 46.1 Å². The van der Waals surface area contributed by atoms with E-state index in [4.69, 9.17) is 5.73 Å². The summed E-state index contributed by atoms with van der Waals surface area (Å²) in [6.07, 6.45) is 1.96. The summed E-state index contributed by atoms with van der Waals surface area (Å²) in [4.78, 5) is 0. The molecular weight excluding hydrogens is 238 g/mol. The highest BCUT2D eigenvalue weighted by Crippen LogP contribution is 2.30. The van der Waals surface area contributed by atoms with E-state index < -0.39 is 0 Å². The average molecular weight is 259 g/mol. The fourth-order valence-corrected chi connectivity index (χ4v) is 2.21. The molecule has 0 fully saturated rings. The number of nitrogen functional groups attached to an aromatic ring is 1. The highest BCUT2D eigenvalue weighted by molar-refractivity contribution is 5.63. The molecule has 0 amide bonds. The van der Waals surface area contributed by atoms with Crippen molar-refractivity contribution in [2.24, 2.45) is 0 Å². The van der Waals surface area contributed by atoms with Crippen LogP contribution < -0.4 is 5.73 Å². The van der Waals surface area contributed by atoms with Crippen LogP contribution in [0.1, 0.15) is 39.2 Å². The third-order valence-corrected chi connectivity index (χ3v) is 4.00. The molecule has 102 valence electrons. The molecule has 5 heteroatoms. The molecule has 0 aliphatic rings. The third-order valence-electron chi connectivity index (χ3n) is 4.00. The fraction of sp³-hybridized carbons (Fsp3) is 0.500. The quantitative estimate of drug-likeness (QED) is 0.857. The SMILES string of the molecule is CCC(C)(CC)n1nnnc1-c1ccc(N)cc1C. The summed E-state index contributed by atoms with van der Waals surface area (Å²) in [5.74, 6) is 0.809. The normalized spacial score (nSPS) is 11.8. The van der Waals surface area contributed by atoms with Gasteiger partial charge in [-0.3, -0.25) is 0 Å². The zero-order chi connectivity index (χ0) is 14.0. The largest absolute Gasteiger partial charge is 0.399 e. The van der Waals surface area contributed by atoms with E-state index in [1.165, 1.54) is 0 Å². The van der Waals surface area contributed by atoms with Crippen LogP contribution in [0.5, 0.6) is 0 Å². The van der Waals surface area contributed by atoms with Gasteiger partial charge in [0.25, 0.3) is 0 Å². The van der Waals surface area contributed by atoms with Gasteiger partial charge in [0.15, 0.2) is 5.82 Å². The Hall–Kier alpha value is -1.91. The zero-order valence-electron chi connectivity index (χ0n) is 12.0. The number of tetrazole rings is 1. The number of rotatable bonds is 4. The number of aryl methyl sites for hydroxylation is 1. The van der Waals surface area contributed by atoms with Crippen LogP contribution in [0.25, 0.3) is 11.4 Å². The minimum atomic E-state index is -0.0628. The Kier molecular flexibility index (Phi) is 3.55. The second-order valence-electron chi connectivity index (χ2n) is 5.19. The molecule has 1 aromatic heterocycles. The van der Waals surface area contributed by atoms with Crippen LogP contribution in [0, 0.1) is 6.92 Å². The number of aromatic nitrogens is 4. The molecule has 0 unspecified atom stereocenters. The van der Waals surface area contributed by atoms with Gasteiger partial charge in [-0.05, 0) is 60.9 Å².